The molecule has 0 bridgehead atoms. The SMILES string of the molecule is CC(=O)OC[C@H]1OC(OCc2ccccc2)[C@H](N(Cc2ccccc2)Cc2ccccc2)[C@@H](OC(C)=O)[C@@H]1OC(C)=O. The molecule has 0 radical (unpaired) electrons. The highest BCUT2D eigenvalue weighted by Gasteiger charge is 2.53. The Kier molecular flexibility index (Phi) is 11.2. The van der Waals surface area contributed by atoms with Gasteiger partial charge in [-0.2, -0.15) is 0 Å². The molecule has 3 aromatic rings. The molecule has 0 saturated carbocycles. The summed E-state index contributed by atoms with van der Waals surface area (Å²) in [4.78, 5) is 38.7. The summed E-state index contributed by atoms with van der Waals surface area (Å²) in [6.07, 6.45) is -3.97. The van der Waals surface area contributed by atoms with Crippen molar-refractivity contribution < 1.29 is 38.1 Å². The number of carbonyl (C=O) groups is 3. The Hall–Kier alpha value is -4.05. The number of ether oxygens (including phenoxy) is 5. The van der Waals surface area contributed by atoms with Gasteiger partial charge in [0.2, 0.25) is 0 Å². The largest absolute Gasteiger partial charge is 0.463 e. The summed E-state index contributed by atoms with van der Waals surface area (Å²) in [6.45, 7) is 4.74. The number of rotatable bonds is 12. The van der Waals surface area contributed by atoms with E-state index in [1.54, 1.807) is 0 Å². The van der Waals surface area contributed by atoms with Crippen LogP contribution in [0.1, 0.15) is 37.5 Å². The second-order valence-electron chi connectivity index (χ2n) is 10.2. The Morgan fingerprint density at radius 1 is 0.667 bits per heavy atom. The van der Waals surface area contributed by atoms with Crippen molar-refractivity contribution >= 4 is 17.9 Å². The highest BCUT2D eigenvalue weighted by Crippen LogP contribution is 2.33. The molecular weight excluding hydrogens is 538 g/mol. The second kappa shape index (κ2) is 15.3. The lowest BCUT2D eigenvalue weighted by Gasteiger charge is -2.48. The maximum atomic E-state index is 12.5. The zero-order valence-electron chi connectivity index (χ0n) is 24.1. The first-order valence-electron chi connectivity index (χ1n) is 13.9. The molecular formula is C33H37NO8. The fraction of sp³-hybridized carbons (Fsp3) is 0.364. The van der Waals surface area contributed by atoms with E-state index in [1.807, 2.05) is 91.0 Å². The fourth-order valence-electron chi connectivity index (χ4n) is 5.06. The van der Waals surface area contributed by atoms with E-state index in [4.69, 9.17) is 23.7 Å². The minimum atomic E-state index is -1.07. The summed E-state index contributed by atoms with van der Waals surface area (Å²) in [5, 5.41) is 0. The van der Waals surface area contributed by atoms with Gasteiger partial charge in [-0.15, -0.1) is 0 Å². The van der Waals surface area contributed by atoms with Crippen LogP contribution in [-0.4, -0.2) is 60.1 Å². The van der Waals surface area contributed by atoms with Crippen molar-refractivity contribution in [3.63, 3.8) is 0 Å². The molecule has 0 amide bonds. The Morgan fingerprint density at radius 2 is 1.14 bits per heavy atom. The Balaban J connectivity index is 1.78. The van der Waals surface area contributed by atoms with Crippen LogP contribution in [0.4, 0.5) is 0 Å². The molecule has 222 valence electrons. The van der Waals surface area contributed by atoms with Crippen molar-refractivity contribution in [3.8, 4) is 0 Å². The minimum absolute atomic E-state index is 0.206. The Labute approximate surface area is 246 Å². The molecule has 3 aromatic carbocycles. The van der Waals surface area contributed by atoms with Gasteiger partial charge >= 0.3 is 17.9 Å². The molecule has 4 rings (SSSR count). The van der Waals surface area contributed by atoms with E-state index in [2.05, 4.69) is 4.90 Å². The summed E-state index contributed by atoms with van der Waals surface area (Å²) >= 11 is 0. The maximum Gasteiger partial charge on any atom is 0.303 e. The maximum absolute atomic E-state index is 12.5. The summed E-state index contributed by atoms with van der Waals surface area (Å²) in [7, 11) is 0. The van der Waals surface area contributed by atoms with Gasteiger partial charge in [-0.25, -0.2) is 0 Å². The summed E-state index contributed by atoms with van der Waals surface area (Å²) in [6, 6.07) is 28.6. The van der Waals surface area contributed by atoms with Crippen LogP contribution >= 0.6 is 0 Å². The van der Waals surface area contributed by atoms with E-state index in [0.717, 1.165) is 16.7 Å². The van der Waals surface area contributed by atoms with E-state index in [-0.39, 0.29) is 13.2 Å². The van der Waals surface area contributed by atoms with Crippen molar-refractivity contribution in [2.24, 2.45) is 0 Å². The van der Waals surface area contributed by atoms with Crippen LogP contribution < -0.4 is 0 Å². The van der Waals surface area contributed by atoms with Gasteiger partial charge in [0.1, 0.15) is 18.8 Å². The number of benzene rings is 3. The molecule has 0 aliphatic carbocycles. The van der Waals surface area contributed by atoms with Gasteiger partial charge in [0, 0.05) is 33.9 Å². The molecule has 1 fully saturated rings. The lowest BCUT2D eigenvalue weighted by molar-refractivity contribution is -0.298. The van der Waals surface area contributed by atoms with E-state index in [1.165, 1.54) is 20.8 Å². The summed E-state index contributed by atoms with van der Waals surface area (Å²) in [5.74, 6) is -1.67. The average molecular weight is 576 g/mol. The zero-order valence-corrected chi connectivity index (χ0v) is 24.1. The third-order valence-corrected chi connectivity index (χ3v) is 6.81. The molecule has 42 heavy (non-hydrogen) atoms. The molecule has 0 N–H and O–H groups in total. The Bertz CT molecular complexity index is 1250. The summed E-state index contributed by atoms with van der Waals surface area (Å²) < 4.78 is 29.8. The molecule has 0 spiro atoms. The predicted molar refractivity (Wildman–Crippen MR) is 154 cm³/mol. The molecule has 1 aliphatic rings. The van der Waals surface area contributed by atoms with Gasteiger partial charge in [0.25, 0.3) is 0 Å². The molecule has 5 atom stereocenters. The smallest absolute Gasteiger partial charge is 0.303 e. The third-order valence-electron chi connectivity index (χ3n) is 6.81. The normalized spacial score (nSPS) is 21.9. The first-order chi connectivity index (χ1) is 20.3. The third kappa shape index (κ3) is 8.97. The highest BCUT2D eigenvalue weighted by atomic mass is 16.7. The first kappa shape index (κ1) is 30.9. The first-order valence-corrected chi connectivity index (χ1v) is 13.9. The van der Waals surface area contributed by atoms with Crippen molar-refractivity contribution in [2.45, 2.75) is 71.1 Å². The molecule has 1 heterocycles. The lowest BCUT2D eigenvalue weighted by atomic mass is 9.93. The quantitative estimate of drug-likeness (QED) is 0.229. The van der Waals surface area contributed by atoms with Crippen LogP contribution in [0, 0.1) is 0 Å². The van der Waals surface area contributed by atoms with E-state index in [9.17, 15) is 14.4 Å². The van der Waals surface area contributed by atoms with Gasteiger partial charge in [0.15, 0.2) is 18.5 Å². The second-order valence-corrected chi connectivity index (χ2v) is 10.2. The van der Waals surface area contributed by atoms with Crippen molar-refractivity contribution in [2.75, 3.05) is 6.61 Å². The molecule has 9 heteroatoms. The highest BCUT2D eigenvalue weighted by molar-refractivity contribution is 5.68. The van der Waals surface area contributed by atoms with Crippen LogP contribution in [0.15, 0.2) is 91.0 Å². The van der Waals surface area contributed by atoms with E-state index < -0.39 is 48.6 Å². The van der Waals surface area contributed by atoms with Gasteiger partial charge in [-0.05, 0) is 16.7 Å². The van der Waals surface area contributed by atoms with Crippen LogP contribution in [0.5, 0.6) is 0 Å². The monoisotopic (exact) mass is 575 g/mol. The minimum Gasteiger partial charge on any atom is -0.463 e. The van der Waals surface area contributed by atoms with Crippen molar-refractivity contribution in [1.82, 2.24) is 4.90 Å². The summed E-state index contributed by atoms with van der Waals surface area (Å²) in [5.41, 5.74) is 2.95. The van der Waals surface area contributed by atoms with Crippen LogP contribution in [0.25, 0.3) is 0 Å². The van der Waals surface area contributed by atoms with Crippen LogP contribution in [-0.2, 0) is 57.8 Å². The zero-order chi connectivity index (χ0) is 29.9. The van der Waals surface area contributed by atoms with Gasteiger partial charge in [0.05, 0.1) is 6.61 Å². The number of carbonyl (C=O) groups excluding carboxylic acids is 3. The number of hydrogen-bond donors (Lipinski definition) is 0. The average Bonchev–Trinajstić information content (AvgIpc) is 2.97. The Morgan fingerprint density at radius 3 is 1.62 bits per heavy atom. The number of hydrogen-bond acceptors (Lipinski definition) is 9. The molecule has 9 nitrogen and oxygen atoms in total. The van der Waals surface area contributed by atoms with Gasteiger partial charge in [-0.3, -0.25) is 19.3 Å². The van der Waals surface area contributed by atoms with E-state index in [0.29, 0.717) is 13.1 Å². The number of esters is 3. The van der Waals surface area contributed by atoms with Crippen LogP contribution in [0.3, 0.4) is 0 Å². The molecule has 0 aromatic heterocycles. The molecule has 1 aliphatic heterocycles. The topological polar surface area (TPSA) is 101 Å². The predicted octanol–water partition coefficient (Wildman–Crippen LogP) is 4.43. The van der Waals surface area contributed by atoms with Crippen molar-refractivity contribution in [3.05, 3.63) is 108 Å². The van der Waals surface area contributed by atoms with Crippen molar-refractivity contribution in [1.29, 1.82) is 0 Å². The fourth-order valence-corrected chi connectivity index (χ4v) is 5.06. The van der Waals surface area contributed by atoms with E-state index >= 15 is 0 Å². The van der Waals surface area contributed by atoms with Gasteiger partial charge in [-0.1, -0.05) is 91.0 Å². The lowest BCUT2D eigenvalue weighted by Crippen LogP contribution is -2.66. The molecule has 1 saturated heterocycles. The van der Waals surface area contributed by atoms with Crippen LogP contribution in [0.2, 0.25) is 0 Å². The number of nitrogens with zero attached hydrogens (tertiary/aromatic N) is 1. The van der Waals surface area contributed by atoms with Gasteiger partial charge < -0.3 is 23.7 Å². The standard InChI is InChI=1S/C33H37NO8/c1-23(35)38-22-29-31(40-24(2)36)32(41-25(3)37)30(33(42-29)39-21-28-17-11-6-12-18-28)34(19-26-13-7-4-8-14-26)20-27-15-9-5-10-16-27/h4-18,29-33H,19-22H2,1-3H3/t29-,30-,31-,32-,33?/m1/s1. The molecule has 1 unspecified atom stereocenters.